The lowest BCUT2D eigenvalue weighted by Gasteiger charge is -2.13. The quantitative estimate of drug-likeness (QED) is 0.850. The summed E-state index contributed by atoms with van der Waals surface area (Å²) in [4.78, 5) is 0. The van der Waals surface area contributed by atoms with Crippen molar-refractivity contribution >= 4 is 11.6 Å². The highest BCUT2D eigenvalue weighted by atomic mass is 35.5. The van der Waals surface area contributed by atoms with Crippen LogP contribution in [0.2, 0.25) is 5.02 Å². The third-order valence-corrected chi connectivity index (χ3v) is 3.45. The predicted molar refractivity (Wildman–Crippen MR) is 84.3 cm³/mol. The number of aryl methyl sites for hydroxylation is 1. The van der Waals surface area contributed by atoms with Crippen molar-refractivity contribution in [2.24, 2.45) is 0 Å². The predicted octanol–water partition coefficient (Wildman–Crippen LogP) is 4.48. The van der Waals surface area contributed by atoms with Gasteiger partial charge in [-0.2, -0.15) is 0 Å². The molecule has 21 heavy (non-hydrogen) atoms. The summed E-state index contributed by atoms with van der Waals surface area (Å²) >= 11 is 5.78. The lowest BCUT2D eigenvalue weighted by molar-refractivity contribution is 0.302. The Bertz CT molecular complexity index is 616. The monoisotopic (exact) mass is 307 g/mol. The molecule has 0 unspecified atom stereocenters. The van der Waals surface area contributed by atoms with Gasteiger partial charge in [-0.1, -0.05) is 42.3 Å². The molecule has 0 aliphatic rings. The van der Waals surface area contributed by atoms with Crippen molar-refractivity contribution in [3.05, 3.63) is 63.9 Å². The summed E-state index contributed by atoms with van der Waals surface area (Å²) < 4.78 is 19.0. The molecule has 4 heteroatoms. The maximum Gasteiger partial charge on any atom is 0.141 e. The number of ether oxygens (including phenoxy) is 1. The number of halogens is 2. The van der Waals surface area contributed by atoms with Crippen LogP contribution in [0.3, 0.4) is 0 Å². The van der Waals surface area contributed by atoms with Gasteiger partial charge in [0.2, 0.25) is 0 Å². The number of rotatable bonds is 6. The molecule has 2 rings (SSSR count). The van der Waals surface area contributed by atoms with E-state index in [9.17, 15) is 4.39 Å². The molecule has 0 amide bonds. The molecule has 2 nitrogen and oxygen atoms in total. The molecule has 0 heterocycles. The molecule has 0 atom stereocenters. The lowest BCUT2D eigenvalue weighted by Crippen LogP contribution is -2.13. The van der Waals surface area contributed by atoms with Gasteiger partial charge in [0.1, 0.15) is 18.2 Å². The second kappa shape index (κ2) is 7.43. The van der Waals surface area contributed by atoms with Crippen molar-refractivity contribution in [1.82, 2.24) is 5.32 Å². The van der Waals surface area contributed by atoms with Gasteiger partial charge < -0.3 is 10.1 Å². The molecule has 0 fully saturated rings. The van der Waals surface area contributed by atoms with Crippen molar-refractivity contribution in [3.8, 4) is 5.75 Å². The van der Waals surface area contributed by atoms with Crippen molar-refractivity contribution in [3.63, 3.8) is 0 Å². The SMILES string of the molecule is CCNCc1cc(C)ccc1OCc1ccc(F)c(Cl)c1. The van der Waals surface area contributed by atoms with Crippen molar-refractivity contribution in [2.75, 3.05) is 6.54 Å². The summed E-state index contributed by atoms with van der Waals surface area (Å²) in [7, 11) is 0. The zero-order valence-corrected chi connectivity index (χ0v) is 13.0. The summed E-state index contributed by atoms with van der Waals surface area (Å²) in [5, 5.41) is 3.41. The topological polar surface area (TPSA) is 21.3 Å². The van der Waals surface area contributed by atoms with Crippen molar-refractivity contribution < 1.29 is 9.13 Å². The Morgan fingerprint density at radius 1 is 1.19 bits per heavy atom. The first-order valence-corrected chi connectivity index (χ1v) is 7.35. The summed E-state index contributed by atoms with van der Waals surface area (Å²) in [6, 6.07) is 10.7. The third-order valence-electron chi connectivity index (χ3n) is 3.16. The van der Waals surface area contributed by atoms with Crippen LogP contribution in [0.1, 0.15) is 23.6 Å². The fourth-order valence-corrected chi connectivity index (χ4v) is 2.24. The Labute approximate surface area is 129 Å². The van der Waals surface area contributed by atoms with E-state index in [1.807, 2.05) is 12.1 Å². The first-order valence-electron chi connectivity index (χ1n) is 6.97. The zero-order chi connectivity index (χ0) is 15.2. The highest BCUT2D eigenvalue weighted by Crippen LogP contribution is 2.22. The Balaban J connectivity index is 2.09. The molecular formula is C17H19ClFNO. The van der Waals surface area contributed by atoms with E-state index in [0.717, 1.165) is 30.0 Å². The molecule has 0 aliphatic heterocycles. The Kier molecular flexibility index (Phi) is 5.59. The molecule has 2 aromatic carbocycles. The molecule has 0 saturated carbocycles. The summed E-state index contributed by atoms with van der Waals surface area (Å²) in [5.41, 5.74) is 3.15. The van der Waals surface area contributed by atoms with E-state index in [4.69, 9.17) is 16.3 Å². The number of hydrogen-bond donors (Lipinski definition) is 1. The molecule has 0 saturated heterocycles. The molecular weight excluding hydrogens is 289 g/mol. The minimum absolute atomic E-state index is 0.118. The van der Waals surface area contributed by atoms with Gasteiger partial charge in [-0.15, -0.1) is 0 Å². The number of nitrogens with one attached hydrogen (secondary N) is 1. The second-order valence-corrected chi connectivity index (χ2v) is 5.34. The summed E-state index contributed by atoms with van der Waals surface area (Å²) in [5.74, 6) is 0.422. The maximum atomic E-state index is 13.1. The van der Waals surface area contributed by atoms with Gasteiger partial charge in [-0.3, -0.25) is 0 Å². The van der Waals surface area contributed by atoms with Crippen LogP contribution < -0.4 is 10.1 Å². The average Bonchev–Trinajstić information content (AvgIpc) is 2.47. The van der Waals surface area contributed by atoms with Crippen LogP contribution in [-0.4, -0.2) is 6.54 Å². The van der Waals surface area contributed by atoms with E-state index in [0.29, 0.717) is 6.61 Å². The van der Waals surface area contributed by atoms with E-state index >= 15 is 0 Å². The van der Waals surface area contributed by atoms with Gasteiger partial charge >= 0.3 is 0 Å². The molecule has 0 aliphatic carbocycles. The van der Waals surface area contributed by atoms with Crippen LogP contribution in [0.15, 0.2) is 36.4 Å². The number of hydrogen-bond acceptors (Lipinski definition) is 2. The maximum absolute atomic E-state index is 13.1. The molecule has 0 spiro atoms. The fraction of sp³-hybridized carbons (Fsp3) is 0.294. The normalized spacial score (nSPS) is 10.7. The second-order valence-electron chi connectivity index (χ2n) is 4.93. The minimum Gasteiger partial charge on any atom is -0.489 e. The van der Waals surface area contributed by atoms with Crippen LogP contribution in [-0.2, 0) is 13.2 Å². The summed E-state index contributed by atoms with van der Waals surface area (Å²) in [6.07, 6.45) is 0. The van der Waals surface area contributed by atoms with Crippen molar-refractivity contribution in [1.29, 1.82) is 0 Å². The molecule has 2 aromatic rings. The highest BCUT2D eigenvalue weighted by Gasteiger charge is 2.06. The van der Waals surface area contributed by atoms with Crippen molar-refractivity contribution in [2.45, 2.75) is 27.0 Å². The van der Waals surface area contributed by atoms with Crippen LogP contribution in [0.25, 0.3) is 0 Å². The van der Waals surface area contributed by atoms with Gasteiger partial charge in [0, 0.05) is 12.1 Å². The molecule has 0 aromatic heterocycles. The number of benzene rings is 2. The largest absolute Gasteiger partial charge is 0.489 e. The van der Waals surface area contributed by atoms with E-state index in [1.54, 1.807) is 12.1 Å². The Morgan fingerprint density at radius 3 is 2.71 bits per heavy atom. The van der Waals surface area contributed by atoms with E-state index in [2.05, 4.69) is 25.2 Å². The van der Waals surface area contributed by atoms with Crippen LogP contribution in [0.4, 0.5) is 4.39 Å². The third kappa shape index (κ3) is 4.45. The molecule has 0 radical (unpaired) electrons. The zero-order valence-electron chi connectivity index (χ0n) is 12.2. The summed E-state index contributed by atoms with van der Waals surface area (Å²) in [6.45, 7) is 6.15. The average molecular weight is 308 g/mol. The lowest BCUT2D eigenvalue weighted by atomic mass is 10.1. The first kappa shape index (κ1) is 15.8. The molecule has 112 valence electrons. The van der Waals surface area contributed by atoms with Gasteiger partial charge in [0.05, 0.1) is 5.02 Å². The Morgan fingerprint density at radius 2 is 2.00 bits per heavy atom. The van der Waals surface area contributed by atoms with Gasteiger partial charge in [0.15, 0.2) is 0 Å². The van der Waals surface area contributed by atoms with Crippen LogP contribution in [0.5, 0.6) is 5.75 Å². The van der Waals surface area contributed by atoms with E-state index in [1.165, 1.54) is 11.6 Å². The van der Waals surface area contributed by atoms with Gasteiger partial charge in [-0.25, -0.2) is 4.39 Å². The van der Waals surface area contributed by atoms with Crippen LogP contribution >= 0.6 is 11.6 Å². The minimum atomic E-state index is -0.413. The first-order chi connectivity index (χ1) is 10.1. The van der Waals surface area contributed by atoms with Gasteiger partial charge in [-0.05, 0) is 37.2 Å². The Hall–Kier alpha value is -1.58. The van der Waals surface area contributed by atoms with E-state index in [-0.39, 0.29) is 5.02 Å². The standard InChI is InChI=1S/C17H19ClFNO/c1-3-20-10-14-8-12(2)4-7-17(14)21-11-13-5-6-16(19)15(18)9-13/h4-9,20H,3,10-11H2,1-2H3. The molecule has 0 bridgehead atoms. The van der Waals surface area contributed by atoms with Crippen LogP contribution in [0, 0.1) is 12.7 Å². The highest BCUT2D eigenvalue weighted by molar-refractivity contribution is 6.30. The fourth-order valence-electron chi connectivity index (χ4n) is 2.04. The molecule has 1 N–H and O–H groups in total. The smallest absolute Gasteiger partial charge is 0.141 e. The van der Waals surface area contributed by atoms with Gasteiger partial charge in [0.25, 0.3) is 0 Å². The van der Waals surface area contributed by atoms with E-state index < -0.39 is 5.82 Å².